The minimum atomic E-state index is 0.0770. The molecule has 1 aliphatic carbocycles. The number of hydrogen-bond donors (Lipinski definition) is 3. The lowest BCUT2D eigenvalue weighted by Crippen LogP contribution is -2.20. The third-order valence-corrected chi connectivity index (χ3v) is 8.39. The van der Waals surface area contributed by atoms with E-state index in [1.807, 2.05) is 12.3 Å². The van der Waals surface area contributed by atoms with Crippen LogP contribution in [-0.4, -0.2) is 37.7 Å². The molecule has 1 aliphatic rings. The minimum absolute atomic E-state index is 0.0770. The Morgan fingerprint density at radius 2 is 1.89 bits per heavy atom. The number of thiazole rings is 1. The van der Waals surface area contributed by atoms with E-state index in [-0.39, 0.29) is 12.6 Å². The van der Waals surface area contributed by atoms with Crippen molar-refractivity contribution in [2.45, 2.75) is 71.9 Å². The fraction of sp³-hybridized carbons (Fsp3) is 0.448. The third-order valence-electron chi connectivity index (χ3n) is 7.37. The van der Waals surface area contributed by atoms with Gasteiger partial charge in [-0.25, -0.2) is 9.97 Å². The second-order valence-corrected chi connectivity index (χ2v) is 11.3. The van der Waals surface area contributed by atoms with Crippen molar-refractivity contribution >= 4 is 33.3 Å². The van der Waals surface area contributed by atoms with Gasteiger partial charge in [0.15, 0.2) is 0 Å². The molecule has 4 aromatic rings. The molecule has 1 saturated carbocycles. The van der Waals surface area contributed by atoms with Crippen LogP contribution in [0.3, 0.4) is 0 Å². The lowest BCUT2D eigenvalue weighted by molar-refractivity contribution is 0.229. The average molecular weight is 517 g/mol. The van der Waals surface area contributed by atoms with Gasteiger partial charge in [0.1, 0.15) is 11.3 Å². The Kier molecular flexibility index (Phi) is 7.67. The summed E-state index contributed by atoms with van der Waals surface area (Å²) in [6.07, 6.45) is 6.42. The van der Waals surface area contributed by atoms with Crippen LogP contribution in [-0.2, 0) is 12.8 Å². The smallest absolute Gasteiger partial charge is 0.225 e. The molecule has 0 aliphatic heterocycles. The highest BCUT2D eigenvalue weighted by Crippen LogP contribution is 2.32. The van der Waals surface area contributed by atoms with Crippen LogP contribution in [0, 0.1) is 19.8 Å². The molecular formula is C29H36N6OS. The van der Waals surface area contributed by atoms with Gasteiger partial charge in [0.2, 0.25) is 5.95 Å². The van der Waals surface area contributed by atoms with Crippen LogP contribution in [0.25, 0.3) is 10.2 Å². The number of anilines is 2. The number of aromatic nitrogens is 4. The second-order valence-electron chi connectivity index (χ2n) is 10.2. The topological polar surface area (TPSA) is 95.9 Å². The molecule has 3 heterocycles. The summed E-state index contributed by atoms with van der Waals surface area (Å²) in [5, 5.41) is 17.9. The van der Waals surface area contributed by atoms with E-state index in [2.05, 4.69) is 67.6 Å². The first-order chi connectivity index (χ1) is 17.9. The third kappa shape index (κ3) is 5.75. The van der Waals surface area contributed by atoms with Gasteiger partial charge in [0, 0.05) is 36.5 Å². The van der Waals surface area contributed by atoms with E-state index < -0.39 is 0 Å². The Hall–Kier alpha value is -3.10. The van der Waals surface area contributed by atoms with Crippen molar-refractivity contribution in [3.63, 3.8) is 0 Å². The summed E-state index contributed by atoms with van der Waals surface area (Å²) >= 11 is 1.72. The van der Waals surface area contributed by atoms with Gasteiger partial charge in [-0.3, -0.25) is 4.98 Å². The molecular weight excluding hydrogens is 480 g/mol. The van der Waals surface area contributed by atoms with Gasteiger partial charge in [-0.2, -0.15) is 4.98 Å². The fourth-order valence-corrected chi connectivity index (χ4v) is 6.12. The van der Waals surface area contributed by atoms with Gasteiger partial charge in [-0.15, -0.1) is 11.3 Å². The number of aryl methyl sites for hydroxylation is 3. The van der Waals surface area contributed by atoms with Crippen molar-refractivity contribution in [1.29, 1.82) is 0 Å². The van der Waals surface area contributed by atoms with Crippen LogP contribution in [0.2, 0.25) is 0 Å². The van der Waals surface area contributed by atoms with E-state index >= 15 is 0 Å². The molecule has 194 valence electrons. The number of nitrogens with zero attached hydrogens (tertiary/aromatic N) is 4. The zero-order chi connectivity index (χ0) is 25.9. The van der Waals surface area contributed by atoms with E-state index in [4.69, 9.17) is 15.0 Å². The highest BCUT2D eigenvalue weighted by atomic mass is 32.1. The summed E-state index contributed by atoms with van der Waals surface area (Å²) in [4.78, 5) is 19.3. The van der Waals surface area contributed by atoms with Gasteiger partial charge < -0.3 is 15.7 Å². The van der Waals surface area contributed by atoms with E-state index in [1.54, 1.807) is 11.3 Å². The summed E-state index contributed by atoms with van der Waals surface area (Å²) in [7, 11) is 0. The highest BCUT2D eigenvalue weighted by molar-refractivity contribution is 7.18. The Balaban J connectivity index is 1.45. The first-order valence-corrected chi connectivity index (χ1v) is 14.1. The number of aliphatic hydroxyl groups excluding tert-OH is 1. The van der Waals surface area contributed by atoms with E-state index in [0.717, 1.165) is 59.0 Å². The number of rotatable bonds is 9. The van der Waals surface area contributed by atoms with Crippen molar-refractivity contribution < 1.29 is 5.11 Å². The number of hydrogen-bond acceptors (Lipinski definition) is 8. The Morgan fingerprint density at radius 3 is 2.62 bits per heavy atom. The zero-order valence-electron chi connectivity index (χ0n) is 22.1. The number of benzene rings is 1. The molecule has 3 atom stereocenters. The van der Waals surface area contributed by atoms with Crippen LogP contribution < -0.4 is 10.6 Å². The quantitative estimate of drug-likeness (QED) is 0.251. The molecule has 7 nitrogen and oxygen atoms in total. The summed E-state index contributed by atoms with van der Waals surface area (Å²) in [6, 6.07) is 11.0. The normalized spacial score (nSPS) is 18.3. The first-order valence-electron chi connectivity index (χ1n) is 13.2. The van der Waals surface area contributed by atoms with Crippen molar-refractivity contribution in [2.24, 2.45) is 5.92 Å². The predicted molar refractivity (Wildman–Crippen MR) is 151 cm³/mol. The molecule has 1 fully saturated rings. The van der Waals surface area contributed by atoms with E-state index in [9.17, 15) is 5.11 Å². The Bertz CT molecular complexity index is 1370. The van der Waals surface area contributed by atoms with Crippen LogP contribution >= 0.6 is 11.3 Å². The summed E-state index contributed by atoms with van der Waals surface area (Å²) in [5.74, 6) is 1.84. The maximum absolute atomic E-state index is 9.65. The van der Waals surface area contributed by atoms with E-state index in [0.29, 0.717) is 24.3 Å². The molecule has 8 heteroatoms. The second kappa shape index (κ2) is 11.1. The van der Waals surface area contributed by atoms with E-state index in [1.165, 1.54) is 15.8 Å². The fourth-order valence-electron chi connectivity index (χ4n) is 5.13. The number of fused-ring (bicyclic) bond motifs is 1. The molecule has 37 heavy (non-hydrogen) atoms. The maximum atomic E-state index is 9.65. The van der Waals surface area contributed by atoms with Crippen molar-refractivity contribution in [3.05, 3.63) is 69.6 Å². The molecule has 3 aromatic heterocycles. The monoisotopic (exact) mass is 516 g/mol. The van der Waals surface area contributed by atoms with Crippen molar-refractivity contribution in [2.75, 3.05) is 17.2 Å². The lowest BCUT2D eigenvalue weighted by atomic mass is 10.1. The number of nitrogens with one attached hydrogen (secondary N) is 2. The minimum Gasteiger partial charge on any atom is -0.396 e. The standard InChI is InChI=1S/C29H36N6OS/c1-5-24-27-25(12-13-30-24)37-26(34-27)15-23-19(4)32-29(31-18(3)21-9-6-17(2)7-10-21)35-28(23)33-22-11-8-20(14-22)16-36/h6-7,9-10,12-13,18,20,22,36H,5,8,11,14-16H2,1-4H3,(H2,31,32,33,35)/t18-,20?,22?/m1/s1. The average Bonchev–Trinajstić information content (AvgIpc) is 3.52. The van der Waals surface area contributed by atoms with Crippen LogP contribution in [0.15, 0.2) is 36.5 Å². The highest BCUT2D eigenvalue weighted by Gasteiger charge is 2.26. The van der Waals surface area contributed by atoms with Crippen LogP contribution in [0.4, 0.5) is 11.8 Å². The molecule has 2 unspecified atom stereocenters. The summed E-state index contributed by atoms with van der Waals surface area (Å²) in [5.41, 5.74) is 6.50. The SMILES string of the molecule is CCc1nccc2sc(Cc3c(C)nc(N[C@H](C)c4ccc(C)cc4)nc3NC3CCC(CO)C3)nc12. The van der Waals surface area contributed by atoms with Gasteiger partial charge >= 0.3 is 0 Å². The maximum Gasteiger partial charge on any atom is 0.225 e. The molecule has 5 rings (SSSR count). The molecule has 0 amide bonds. The van der Waals surface area contributed by atoms with Crippen LogP contribution in [0.5, 0.6) is 0 Å². The Morgan fingerprint density at radius 1 is 1.08 bits per heavy atom. The first kappa shape index (κ1) is 25.5. The van der Waals surface area contributed by atoms with Crippen molar-refractivity contribution in [3.8, 4) is 0 Å². The summed E-state index contributed by atoms with van der Waals surface area (Å²) < 4.78 is 1.17. The van der Waals surface area contributed by atoms with Gasteiger partial charge in [0.05, 0.1) is 21.4 Å². The Labute approximate surface area is 222 Å². The lowest BCUT2D eigenvalue weighted by Gasteiger charge is -2.20. The number of pyridine rings is 1. The molecule has 0 saturated heterocycles. The number of aliphatic hydroxyl groups is 1. The summed E-state index contributed by atoms with van der Waals surface area (Å²) in [6.45, 7) is 8.65. The molecule has 0 bridgehead atoms. The van der Waals surface area contributed by atoms with Crippen LogP contribution in [0.1, 0.15) is 72.2 Å². The molecule has 1 aromatic carbocycles. The van der Waals surface area contributed by atoms with Crippen molar-refractivity contribution in [1.82, 2.24) is 19.9 Å². The molecule has 3 N–H and O–H groups in total. The zero-order valence-corrected chi connectivity index (χ0v) is 22.9. The van der Waals surface area contributed by atoms with Gasteiger partial charge in [-0.05, 0) is 64.0 Å². The predicted octanol–water partition coefficient (Wildman–Crippen LogP) is 6.00. The van der Waals surface area contributed by atoms with Gasteiger partial charge in [0.25, 0.3) is 0 Å². The molecule has 0 radical (unpaired) electrons. The largest absolute Gasteiger partial charge is 0.396 e. The van der Waals surface area contributed by atoms with Gasteiger partial charge in [-0.1, -0.05) is 36.8 Å². The molecule has 0 spiro atoms.